The van der Waals surface area contributed by atoms with Crippen LogP contribution in [0.3, 0.4) is 0 Å². The van der Waals surface area contributed by atoms with Gasteiger partial charge in [0.1, 0.15) is 17.3 Å². The quantitative estimate of drug-likeness (QED) is 0.830. The number of benzene rings is 2. The Balaban J connectivity index is 1.76. The second-order valence-electron chi connectivity index (χ2n) is 7.24. The maximum absolute atomic E-state index is 13.9. The molecule has 2 aliphatic heterocycles. The number of phenols is 1. The number of hydrogen-bond acceptors (Lipinski definition) is 5. The largest absolute Gasteiger partial charge is 0.508 e. The molecule has 2 aromatic rings. The number of nitrogens with zero attached hydrogens (tertiary/aromatic N) is 3. The lowest BCUT2D eigenvalue weighted by Crippen LogP contribution is -2.43. The highest BCUT2D eigenvalue weighted by atomic mass is 19.1. The molecule has 0 aromatic heterocycles. The van der Waals surface area contributed by atoms with Crippen molar-refractivity contribution in [2.45, 2.75) is 6.04 Å². The molecule has 0 saturated heterocycles. The number of carbonyl (C=O) groups is 1. The molecule has 0 fully saturated rings. The van der Waals surface area contributed by atoms with Crippen LogP contribution in [0.1, 0.15) is 17.2 Å². The molecule has 2 N–H and O–H groups in total. The highest BCUT2D eigenvalue weighted by molar-refractivity contribution is 6.07. The van der Waals surface area contributed by atoms with Gasteiger partial charge >= 0.3 is 6.03 Å². The molecule has 2 aromatic carbocycles. The van der Waals surface area contributed by atoms with Crippen molar-refractivity contribution in [3.8, 4) is 11.5 Å². The first-order chi connectivity index (χ1) is 14.0. The summed E-state index contributed by atoms with van der Waals surface area (Å²) in [5, 5.41) is 19.0. The third-order valence-corrected chi connectivity index (χ3v) is 5.28. The number of fused-ring (bicyclic) bond motifs is 3. The fourth-order valence-corrected chi connectivity index (χ4v) is 3.80. The van der Waals surface area contributed by atoms with E-state index >= 15 is 0 Å². The lowest BCUT2D eigenvalue weighted by molar-refractivity contribution is 0.133. The van der Waals surface area contributed by atoms with Crippen LogP contribution >= 0.6 is 0 Å². The smallest absolute Gasteiger partial charge is 0.340 e. The summed E-state index contributed by atoms with van der Waals surface area (Å²) >= 11 is 0. The number of phenolic OH excluding ortho intramolecular Hbond substituents is 1. The number of amides is 2. The maximum Gasteiger partial charge on any atom is 0.340 e. The molecule has 0 spiro atoms. The van der Waals surface area contributed by atoms with E-state index in [2.05, 4.69) is 10.4 Å². The van der Waals surface area contributed by atoms with Crippen LogP contribution in [0.25, 0.3) is 0 Å². The van der Waals surface area contributed by atoms with E-state index in [1.807, 2.05) is 13.1 Å². The fraction of sp³-hybridized carbons (Fsp3) is 0.333. The Hall–Kier alpha value is -3.13. The van der Waals surface area contributed by atoms with E-state index in [1.165, 1.54) is 17.1 Å². The van der Waals surface area contributed by atoms with Gasteiger partial charge in [-0.15, -0.1) is 0 Å². The zero-order valence-electron chi connectivity index (χ0n) is 16.3. The van der Waals surface area contributed by atoms with Gasteiger partial charge in [-0.25, -0.2) is 14.2 Å². The number of ether oxygens (including phenoxy) is 1. The van der Waals surface area contributed by atoms with Crippen LogP contribution < -0.4 is 10.1 Å². The van der Waals surface area contributed by atoms with Crippen molar-refractivity contribution in [2.24, 2.45) is 11.0 Å². The minimum atomic E-state index is -0.460. The van der Waals surface area contributed by atoms with Gasteiger partial charge in [0, 0.05) is 25.7 Å². The van der Waals surface area contributed by atoms with E-state index in [4.69, 9.17) is 4.74 Å². The second-order valence-corrected chi connectivity index (χ2v) is 7.24. The second kappa shape index (κ2) is 7.71. The van der Waals surface area contributed by atoms with Crippen LogP contribution in [0.2, 0.25) is 0 Å². The molecule has 0 radical (unpaired) electrons. The van der Waals surface area contributed by atoms with Gasteiger partial charge < -0.3 is 20.1 Å². The maximum atomic E-state index is 13.9. The summed E-state index contributed by atoms with van der Waals surface area (Å²) in [5.41, 5.74) is 1.92. The van der Waals surface area contributed by atoms with E-state index < -0.39 is 6.04 Å². The van der Waals surface area contributed by atoms with Gasteiger partial charge in [-0.05, 0) is 42.9 Å². The number of hydrogen-bond donors (Lipinski definition) is 2. The molecule has 0 unspecified atom stereocenters. The third kappa shape index (κ3) is 3.51. The molecule has 2 amide bonds. The van der Waals surface area contributed by atoms with E-state index in [0.29, 0.717) is 36.7 Å². The van der Waals surface area contributed by atoms with Crippen molar-refractivity contribution in [1.82, 2.24) is 15.2 Å². The number of hydrazone groups is 1. The Morgan fingerprint density at radius 2 is 2.21 bits per heavy atom. The van der Waals surface area contributed by atoms with Crippen LogP contribution in [0.4, 0.5) is 9.18 Å². The Labute approximate surface area is 168 Å². The molecule has 2 aliphatic rings. The molecule has 29 heavy (non-hydrogen) atoms. The van der Waals surface area contributed by atoms with Crippen molar-refractivity contribution < 1.29 is 19.0 Å². The standard InChI is InChI=1S/C21H23FN4O3/c1-23-8-9-25(2)21(28)26-20(13-4-3-5-15(27)10-13)17-12-29-18-7-6-14(22)11-16(18)19(17)24-26/h3-7,10-11,17,20,23,27H,8-9,12H2,1-2H3/t17-,20-/m1/s1. The molecule has 7 nitrogen and oxygen atoms in total. The molecule has 152 valence electrons. The van der Waals surface area contributed by atoms with Gasteiger partial charge in [0.2, 0.25) is 0 Å². The van der Waals surface area contributed by atoms with Crippen LogP contribution in [-0.2, 0) is 0 Å². The molecule has 2 heterocycles. The molecule has 0 aliphatic carbocycles. The monoisotopic (exact) mass is 398 g/mol. The van der Waals surface area contributed by atoms with Crippen molar-refractivity contribution in [1.29, 1.82) is 0 Å². The average molecular weight is 398 g/mol. The lowest BCUT2D eigenvalue weighted by Gasteiger charge is -2.31. The van der Waals surface area contributed by atoms with E-state index in [1.54, 1.807) is 36.2 Å². The number of halogens is 1. The van der Waals surface area contributed by atoms with Crippen LogP contribution in [-0.4, -0.2) is 60.5 Å². The number of rotatable bonds is 4. The third-order valence-electron chi connectivity index (χ3n) is 5.28. The minimum absolute atomic E-state index is 0.107. The first-order valence-corrected chi connectivity index (χ1v) is 9.48. The number of carbonyl (C=O) groups excluding carboxylic acids is 1. The van der Waals surface area contributed by atoms with Crippen LogP contribution in [0.15, 0.2) is 47.6 Å². The molecule has 4 rings (SSSR count). The highest BCUT2D eigenvalue weighted by Crippen LogP contribution is 2.43. The van der Waals surface area contributed by atoms with Gasteiger partial charge in [-0.1, -0.05) is 12.1 Å². The summed E-state index contributed by atoms with van der Waals surface area (Å²) in [6.45, 7) is 1.46. The van der Waals surface area contributed by atoms with Gasteiger partial charge in [0.25, 0.3) is 0 Å². The van der Waals surface area contributed by atoms with Crippen molar-refractivity contribution in [3.63, 3.8) is 0 Å². The minimum Gasteiger partial charge on any atom is -0.508 e. The highest BCUT2D eigenvalue weighted by Gasteiger charge is 2.45. The molecular formula is C21H23FN4O3. The summed E-state index contributed by atoms with van der Waals surface area (Å²) in [4.78, 5) is 14.8. The summed E-state index contributed by atoms with van der Waals surface area (Å²) < 4.78 is 19.8. The topological polar surface area (TPSA) is 77.4 Å². The summed E-state index contributed by atoms with van der Waals surface area (Å²) in [7, 11) is 3.53. The Morgan fingerprint density at radius 1 is 1.38 bits per heavy atom. The Kier molecular flexibility index (Phi) is 5.10. The molecule has 0 saturated carbocycles. The van der Waals surface area contributed by atoms with E-state index in [0.717, 1.165) is 5.56 Å². The first kappa shape index (κ1) is 19.2. The van der Waals surface area contributed by atoms with E-state index in [9.17, 15) is 14.3 Å². The number of nitrogens with one attached hydrogen (secondary N) is 1. The molecule has 8 heteroatoms. The summed E-state index contributed by atoms with van der Waals surface area (Å²) in [6, 6.07) is 10.4. The molecule has 2 atom stereocenters. The fourth-order valence-electron chi connectivity index (χ4n) is 3.80. The first-order valence-electron chi connectivity index (χ1n) is 9.48. The van der Waals surface area contributed by atoms with Crippen molar-refractivity contribution >= 4 is 11.7 Å². The van der Waals surface area contributed by atoms with Crippen molar-refractivity contribution in [3.05, 3.63) is 59.4 Å². The number of urea groups is 1. The normalized spacial score (nSPS) is 19.8. The van der Waals surface area contributed by atoms with Gasteiger partial charge in [0.15, 0.2) is 0 Å². The average Bonchev–Trinajstić information content (AvgIpc) is 3.11. The zero-order chi connectivity index (χ0) is 20.5. The zero-order valence-corrected chi connectivity index (χ0v) is 16.3. The molecule has 0 bridgehead atoms. The predicted molar refractivity (Wildman–Crippen MR) is 107 cm³/mol. The van der Waals surface area contributed by atoms with Gasteiger partial charge in [-0.3, -0.25) is 0 Å². The number of aromatic hydroxyl groups is 1. The number of likely N-dealkylation sites (N-methyl/N-ethyl adjacent to an activating group) is 2. The van der Waals surface area contributed by atoms with Crippen LogP contribution in [0, 0.1) is 11.7 Å². The van der Waals surface area contributed by atoms with Crippen molar-refractivity contribution in [2.75, 3.05) is 33.8 Å². The molecular weight excluding hydrogens is 375 g/mol. The Morgan fingerprint density at radius 3 is 2.97 bits per heavy atom. The van der Waals surface area contributed by atoms with E-state index in [-0.39, 0.29) is 23.5 Å². The lowest BCUT2D eigenvalue weighted by atomic mass is 9.86. The predicted octanol–water partition coefficient (Wildman–Crippen LogP) is 2.57. The summed E-state index contributed by atoms with van der Waals surface area (Å²) in [6.07, 6.45) is 0. The Bertz CT molecular complexity index is 965. The summed E-state index contributed by atoms with van der Waals surface area (Å²) in [5.74, 6) is -0.00257. The van der Waals surface area contributed by atoms with Gasteiger partial charge in [-0.2, -0.15) is 5.10 Å². The SMILES string of the molecule is CNCCN(C)C(=O)N1N=C2c3cc(F)ccc3OC[C@H]2[C@H]1c1cccc(O)c1. The van der Waals surface area contributed by atoms with Crippen LogP contribution in [0.5, 0.6) is 11.5 Å². The van der Waals surface area contributed by atoms with Gasteiger partial charge in [0.05, 0.1) is 24.3 Å².